The quantitative estimate of drug-likeness (QED) is 0.734. The van der Waals surface area contributed by atoms with Gasteiger partial charge >= 0.3 is 0 Å². The number of aliphatic hydroxyl groups is 1. The van der Waals surface area contributed by atoms with Crippen molar-refractivity contribution >= 4 is 21.4 Å². The van der Waals surface area contributed by atoms with Gasteiger partial charge in [-0.3, -0.25) is 0 Å². The average Bonchev–Trinajstić information content (AvgIpc) is 2.81. The lowest BCUT2D eigenvalue weighted by molar-refractivity contribution is 0.0911. The van der Waals surface area contributed by atoms with Crippen molar-refractivity contribution in [2.45, 2.75) is 26.5 Å². The van der Waals surface area contributed by atoms with Crippen LogP contribution in [0.1, 0.15) is 23.6 Å². The van der Waals surface area contributed by atoms with E-state index in [2.05, 4.69) is 16.6 Å². The summed E-state index contributed by atoms with van der Waals surface area (Å²) in [6.07, 6.45) is 0.0233. The first kappa shape index (κ1) is 17.1. The van der Waals surface area contributed by atoms with Crippen LogP contribution in [0.25, 0.3) is 0 Å². The van der Waals surface area contributed by atoms with Crippen molar-refractivity contribution in [2.24, 2.45) is 0 Å². The molecular formula is C13H19NO4S2. The first-order chi connectivity index (χ1) is 9.43. The lowest BCUT2D eigenvalue weighted by Gasteiger charge is -2.08. The number of aliphatic hydroxyl groups excluding tert-OH is 1. The van der Waals surface area contributed by atoms with Gasteiger partial charge < -0.3 is 9.84 Å². The minimum atomic E-state index is -3.33. The maximum atomic E-state index is 11.7. The maximum Gasteiger partial charge on any atom is 0.214 e. The second-order valence-electron chi connectivity index (χ2n) is 4.29. The van der Waals surface area contributed by atoms with Gasteiger partial charge in [-0.05, 0) is 26.0 Å². The number of ether oxygens (including phenoxy) is 1. The molecule has 20 heavy (non-hydrogen) atoms. The highest BCUT2D eigenvalue weighted by Crippen LogP contribution is 2.15. The largest absolute Gasteiger partial charge is 0.384 e. The van der Waals surface area contributed by atoms with E-state index in [0.29, 0.717) is 0 Å². The number of rotatable bonds is 7. The van der Waals surface area contributed by atoms with Gasteiger partial charge in [0.2, 0.25) is 10.0 Å². The molecule has 112 valence electrons. The molecule has 0 radical (unpaired) electrons. The van der Waals surface area contributed by atoms with Crippen LogP contribution in [-0.4, -0.2) is 38.6 Å². The summed E-state index contributed by atoms with van der Waals surface area (Å²) in [5, 5.41) is 8.59. The number of nitrogens with one attached hydrogen (secondary N) is 1. The number of hydrogen-bond donors (Lipinski definition) is 2. The summed E-state index contributed by atoms with van der Waals surface area (Å²) < 4.78 is 31.2. The third kappa shape index (κ3) is 7.03. The zero-order valence-electron chi connectivity index (χ0n) is 11.5. The molecule has 0 fully saturated rings. The van der Waals surface area contributed by atoms with Gasteiger partial charge in [-0.1, -0.05) is 11.8 Å². The number of thiophene rings is 1. The second kappa shape index (κ2) is 8.39. The highest BCUT2D eigenvalue weighted by molar-refractivity contribution is 7.89. The predicted molar refractivity (Wildman–Crippen MR) is 80.0 cm³/mol. The van der Waals surface area contributed by atoms with E-state index in [1.807, 2.05) is 19.9 Å². The van der Waals surface area contributed by atoms with Crippen molar-refractivity contribution in [1.82, 2.24) is 4.72 Å². The zero-order chi connectivity index (χ0) is 15.0. The van der Waals surface area contributed by atoms with Crippen LogP contribution in [0, 0.1) is 11.8 Å². The van der Waals surface area contributed by atoms with Gasteiger partial charge in [0.1, 0.15) is 6.61 Å². The van der Waals surface area contributed by atoms with E-state index >= 15 is 0 Å². The van der Waals surface area contributed by atoms with E-state index in [-0.39, 0.29) is 31.6 Å². The van der Waals surface area contributed by atoms with Gasteiger partial charge in [0.15, 0.2) is 0 Å². The Morgan fingerprint density at radius 2 is 2.20 bits per heavy atom. The molecule has 1 rings (SSSR count). The summed E-state index contributed by atoms with van der Waals surface area (Å²) in [6, 6.07) is 3.62. The normalized spacial score (nSPS) is 11.4. The molecule has 2 N–H and O–H groups in total. The Labute approximate surface area is 124 Å². The number of sulfonamides is 1. The minimum absolute atomic E-state index is 0.0233. The topological polar surface area (TPSA) is 75.6 Å². The van der Waals surface area contributed by atoms with Crippen molar-refractivity contribution in [3.63, 3.8) is 0 Å². The molecule has 0 aliphatic heterocycles. The van der Waals surface area contributed by atoms with Crippen molar-refractivity contribution in [3.05, 3.63) is 21.9 Å². The molecule has 7 heteroatoms. The van der Waals surface area contributed by atoms with Crippen molar-refractivity contribution in [2.75, 3.05) is 19.0 Å². The summed E-state index contributed by atoms with van der Waals surface area (Å²) in [7, 11) is -3.33. The van der Waals surface area contributed by atoms with Gasteiger partial charge in [0.05, 0.1) is 23.3 Å². The average molecular weight is 317 g/mol. The summed E-state index contributed by atoms with van der Waals surface area (Å²) >= 11 is 1.40. The Morgan fingerprint density at radius 1 is 1.45 bits per heavy atom. The SMILES string of the molecule is CC(C)OCCS(=O)(=O)NCc1ccc(C#CCO)s1. The standard InChI is InChI=1S/C13H19NO4S2/c1-11(2)18-8-9-20(16,17)14-10-13-6-5-12(19-13)4-3-7-15/h5-6,11,14-15H,7-10H2,1-2H3. The van der Waals surface area contributed by atoms with Crippen LogP contribution in [0.3, 0.4) is 0 Å². The fraction of sp³-hybridized carbons (Fsp3) is 0.538. The summed E-state index contributed by atoms with van der Waals surface area (Å²) in [5.74, 6) is 5.28. The van der Waals surface area contributed by atoms with Gasteiger partial charge in [0, 0.05) is 11.4 Å². The molecule has 0 unspecified atom stereocenters. The summed E-state index contributed by atoms with van der Waals surface area (Å²) in [4.78, 5) is 1.68. The molecule has 0 aromatic carbocycles. The first-order valence-electron chi connectivity index (χ1n) is 6.20. The Hall–Kier alpha value is -0.910. The fourth-order valence-electron chi connectivity index (χ4n) is 1.31. The molecule has 1 aromatic heterocycles. The second-order valence-corrected chi connectivity index (χ2v) is 7.38. The van der Waals surface area contributed by atoms with Gasteiger partial charge in [-0.25, -0.2) is 13.1 Å². The maximum absolute atomic E-state index is 11.7. The van der Waals surface area contributed by atoms with E-state index < -0.39 is 10.0 Å². The highest BCUT2D eigenvalue weighted by atomic mass is 32.2. The van der Waals surface area contributed by atoms with Gasteiger partial charge in [-0.2, -0.15) is 0 Å². The highest BCUT2D eigenvalue weighted by Gasteiger charge is 2.11. The molecule has 0 aliphatic rings. The molecular weight excluding hydrogens is 298 g/mol. The summed E-state index contributed by atoms with van der Waals surface area (Å²) in [5.41, 5.74) is 0. The summed E-state index contributed by atoms with van der Waals surface area (Å²) in [6.45, 7) is 3.97. The third-order valence-corrected chi connectivity index (χ3v) is 4.51. The molecule has 5 nitrogen and oxygen atoms in total. The lowest BCUT2D eigenvalue weighted by Crippen LogP contribution is -2.28. The van der Waals surface area contributed by atoms with E-state index in [9.17, 15) is 8.42 Å². The first-order valence-corrected chi connectivity index (χ1v) is 8.67. The van der Waals surface area contributed by atoms with Crippen molar-refractivity contribution in [3.8, 4) is 11.8 Å². The molecule has 0 aliphatic carbocycles. The number of hydrogen-bond acceptors (Lipinski definition) is 5. The van der Waals surface area contributed by atoms with Crippen molar-refractivity contribution in [1.29, 1.82) is 0 Å². The van der Waals surface area contributed by atoms with E-state index in [0.717, 1.165) is 9.75 Å². The van der Waals surface area contributed by atoms with Crippen LogP contribution in [-0.2, 0) is 21.3 Å². The lowest BCUT2D eigenvalue weighted by atomic mass is 10.4. The Kier molecular flexibility index (Phi) is 7.19. The van der Waals surface area contributed by atoms with Crippen LogP contribution < -0.4 is 4.72 Å². The molecule has 0 atom stereocenters. The van der Waals surface area contributed by atoms with E-state index in [4.69, 9.17) is 9.84 Å². The van der Waals surface area contributed by atoms with Crippen LogP contribution in [0.5, 0.6) is 0 Å². The molecule has 0 saturated carbocycles. The molecule has 0 saturated heterocycles. The van der Waals surface area contributed by atoms with Gasteiger partial charge in [0.25, 0.3) is 0 Å². The van der Waals surface area contributed by atoms with E-state index in [1.54, 1.807) is 6.07 Å². The Balaban J connectivity index is 2.43. The Morgan fingerprint density at radius 3 is 2.85 bits per heavy atom. The monoisotopic (exact) mass is 317 g/mol. The fourth-order valence-corrected chi connectivity index (χ4v) is 3.06. The van der Waals surface area contributed by atoms with Gasteiger partial charge in [-0.15, -0.1) is 11.3 Å². The molecule has 0 amide bonds. The molecule has 1 aromatic rings. The predicted octanol–water partition coefficient (Wildman–Crippen LogP) is 0.936. The zero-order valence-corrected chi connectivity index (χ0v) is 13.2. The molecule has 0 bridgehead atoms. The van der Waals surface area contributed by atoms with Crippen LogP contribution in [0.2, 0.25) is 0 Å². The van der Waals surface area contributed by atoms with Crippen LogP contribution in [0.4, 0.5) is 0 Å². The molecule has 1 heterocycles. The third-order valence-electron chi connectivity index (χ3n) is 2.22. The molecule has 0 spiro atoms. The van der Waals surface area contributed by atoms with Crippen LogP contribution in [0.15, 0.2) is 12.1 Å². The Bertz CT molecular complexity index is 567. The van der Waals surface area contributed by atoms with Crippen LogP contribution >= 0.6 is 11.3 Å². The minimum Gasteiger partial charge on any atom is -0.384 e. The van der Waals surface area contributed by atoms with Crippen molar-refractivity contribution < 1.29 is 18.3 Å². The van der Waals surface area contributed by atoms with E-state index in [1.165, 1.54) is 11.3 Å². The smallest absolute Gasteiger partial charge is 0.214 e.